The van der Waals surface area contributed by atoms with Crippen LogP contribution >= 0.6 is 11.6 Å². The van der Waals surface area contributed by atoms with Crippen LogP contribution in [0.5, 0.6) is 0 Å². The monoisotopic (exact) mass is 282 g/mol. The fraction of sp³-hybridized carbons (Fsp3) is 0.357. The molecular formula is C14H16ClFN2O. The van der Waals surface area contributed by atoms with Crippen LogP contribution in [0.2, 0.25) is 5.02 Å². The molecule has 0 fully saturated rings. The standard InChI is InChI=1S/C14H16ClFN2O/c1-3-13-10(8-18(2)17-13)14(19)7-9-4-5-12(16)11(15)6-9/h4-6,8,14,19H,3,7H2,1-2H3. The molecule has 1 N–H and O–H groups in total. The lowest BCUT2D eigenvalue weighted by atomic mass is 10.0. The summed E-state index contributed by atoms with van der Waals surface area (Å²) < 4.78 is 14.8. The lowest BCUT2D eigenvalue weighted by Gasteiger charge is -2.10. The van der Waals surface area contributed by atoms with Gasteiger partial charge in [0.1, 0.15) is 5.82 Å². The van der Waals surface area contributed by atoms with Gasteiger partial charge in [0, 0.05) is 25.2 Å². The Morgan fingerprint density at radius 3 is 2.84 bits per heavy atom. The third kappa shape index (κ3) is 3.14. The van der Waals surface area contributed by atoms with Crippen molar-refractivity contribution in [1.29, 1.82) is 0 Å². The molecule has 5 heteroatoms. The molecule has 0 aliphatic carbocycles. The smallest absolute Gasteiger partial charge is 0.141 e. The van der Waals surface area contributed by atoms with E-state index in [4.69, 9.17) is 11.6 Å². The first-order chi connectivity index (χ1) is 9.01. The quantitative estimate of drug-likeness (QED) is 0.936. The first-order valence-corrected chi connectivity index (χ1v) is 6.53. The molecule has 19 heavy (non-hydrogen) atoms. The Balaban J connectivity index is 2.20. The van der Waals surface area contributed by atoms with Crippen LogP contribution in [-0.2, 0) is 19.9 Å². The van der Waals surface area contributed by atoms with E-state index in [2.05, 4.69) is 5.10 Å². The highest BCUT2D eigenvalue weighted by atomic mass is 35.5. The lowest BCUT2D eigenvalue weighted by Crippen LogP contribution is -2.03. The number of halogens is 2. The second-order valence-corrected chi connectivity index (χ2v) is 4.93. The second-order valence-electron chi connectivity index (χ2n) is 4.53. The van der Waals surface area contributed by atoms with Crippen molar-refractivity contribution in [1.82, 2.24) is 9.78 Å². The minimum Gasteiger partial charge on any atom is -0.388 e. The molecule has 1 unspecified atom stereocenters. The van der Waals surface area contributed by atoms with Crippen LogP contribution in [0.3, 0.4) is 0 Å². The molecule has 0 radical (unpaired) electrons. The molecule has 1 aromatic heterocycles. The van der Waals surface area contributed by atoms with Gasteiger partial charge in [-0.05, 0) is 24.1 Å². The predicted octanol–water partition coefficient (Wildman–Crippen LogP) is 3.05. The number of hydrogen-bond acceptors (Lipinski definition) is 2. The Hall–Kier alpha value is -1.39. The first-order valence-electron chi connectivity index (χ1n) is 6.15. The summed E-state index contributed by atoms with van der Waals surface area (Å²) in [5, 5.41) is 14.6. The van der Waals surface area contributed by atoms with Gasteiger partial charge in [0.25, 0.3) is 0 Å². The van der Waals surface area contributed by atoms with Crippen molar-refractivity contribution in [3.8, 4) is 0 Å². The molecule has 102 valence electrons. The molecule has 3 nitrogen and oxygen atoms in total. The molecule has 0 amide bonds. The maximum Gasteiger partial charge on any atom is 0.141 e. The lowest BCUT2D eigenvalue weighted by molar-refractivity contribution is 0.177. The molecule has 1 heterocycles. The van der Waals surface area contributed by atoms with Crippen LogP contribution in [0.4, 0.5) is 4.39 Å². The maximum atomic E-state index is 13.1. The van der Waals surface area contributed by atoms with Crippen molar-refractivity contribution < 1.29 is 9.50 Å². The van der Waals surface area contributed by atoms with Crippen molar-refractivity contribution in [2.45, 2.75) is 25.9 Å². The largest absolute Gasteiger partial charge is 0.388 e. The SMILES string of the molecule is CCc1nn(C)cc1C(O)Cc1ccc(F)c(Cl)c1. The van der Waals surface area contributed by atoms with E-state index < -0.39 is 11.9 Å². The second kappa shape index (κ2) is 5.72. The van der Waals surface area contributed by atoms with Gasteiger partial charge in [-0.2, -0.15) is 5.10 Å². The summed E-state index contributed by atoms with van der Waals surface area (Å²) in [5.74, 6) is -0.449. The summed E-state index contributed by atoms with van der Waals surface area (Å²) in [4.78, 5) is 0. The van der Waals surface area contributed by atoms with E-state index in [1.165, 1.54) is 6.07 Å². The zero-order chi connectivity index (χ0) is 14.0. The fourth-order valence-electron chi connectivity index (χ4n) is 2.11. The Morgan fingerprint density at radius 2 is 2.21 bits per heavy atom. The van der Waals surface area contributed by atoms with Crippen molar-refractivity contribution >= 4 is 11.6 Å². The van der Waals surface area contributed by atoms with Gasteiger partial charge in [-0.1, -0.05) is 24.6 Å². The fourth-order valence-corrected chi connectivity index (χ4v) is 2.31. The maximum absolute atomic E-state index is 13.1. The molecule has 2 rings (SSSR count). The molecule has 0 saturated heterocycles. The van der Waals surface area contributed by atoms with Crippen molar-refractivity contribution in [2.75, 3.05) is 0 Å². The minimum absolute atomic E-state index is 0.0756. The van der Waals surface area contributed by atoms with Gasteiger partial charge in [-0.25, -0.2) is 4.39 Å². The van der Waals surface area contributed by atoms with E-state index in [9.17, 15) is 9.50 Å². The summed E-state index contributed by atoms with van der Waals surface area (Å²) in [6.07, 6.45) is 2.30. The van der Waals surface area contributed by atoms with Crippen LogP contribution in [-0.4, -0.2) is 14.9 Å². The number of aliphatic hydroxyl groups is 1. The number of aryl methyl sites for hydroxylation is 2. The third-order valence-electron chi connectivity index (χ3n) is 3.04. The number of aromatic nitrogens is 2. The van der Waals surface area contributed by atoms with Crippen LogP contribution in [0.1, 0.15) is 29.8 Å². The molecule has 0 aliphatic heterocycles. The normalized spacial score (nSPS) is 12.7. The highest BCUT2D eigenvalue weighted by molar-refractivity contribution is 6.30. The number of benzene rings is 1. The van der Waals surface area contributed by atoms with Gasteiger partial charge in [0.05, 0.1) is 16.8 Å². The summed E-state index contributed by atoms with van der Waals surface area (Å²) in [7, 11) is 1.82. The van der Waals surface area contributed by atoms with E-state index in [0.717, 1.165) is 23.2 Å². The molecule has 0 aliphatic rings. The summed E-state index contributed by atoms with van der Waals surface area (Å²) in [6, 6.07) is 4.49. The predicted molar refractivity (Wildman–Crippen MR) is 72.7 cm³/mol. The Morgan fingerprint density at radius 1 is 1.47 bits per heavy atom. The van der Waals surface area contributed by atoms with E-state index >= 15 is 0 Å². The van der Waals surface area contributed by atoms with E-state index in [1.54, 1.807) is 16.8 Å². The molecule has 0 spiro atoms. The Labute approximate surface area is 116 Å². The molecule has 1 aromatic carbocycles. The molecule has 0 bridgehead atoms. The average Bonchev–Trinajstić information content (AvgIpc) is 2.75. The van der Waals surface area contributed by atoms with Gasteiger partial charge in [0.2, 0.25) is 0 Å². The summed E-state index contributed by atoms with van der Waals surface area (Å²) in [5.41, 5.74) is 2.48. The number of nitrogens with zero attached hydrogens (tertiary/aromatic N) is 2. The highest BCUT2D eigenvalue weighted by Gasteiger charge is 2.16. The summed E-state index contributed by atoms with van der Waals surface area (Å²) in [6.45, 7) is 1.99. The van der Waals surface area contributed by atoms with Crippen LogP contribution < -0.4 is 0 Å². The first kappa shape index (κ1) is 14.0. The van der Waals surface area contributed by atoms with Gasteiger partial charge >= 0.3 is 0 Å². The molecule has 1 atom stereocenters. The van der Waals surface area contributed by atoms with E-state index in [-0.39, 0.29) is 5.02 Å². The Bertz CT molecular complexity index is 583. The average molecular weight is 283 g/mol. The van der Waals surface area contributed by atoms with Gasteiger partial charge in [-0.15, -0.1) is 0 Å². The Kier molecular flexibility index (Phi) is 4.22. The molecule has 2 aromatic rings. The van der Waals surface area contributed by atoms with Crippen LogP contribution in [0, 0.1) is 5.82 Å². The zero-order valence-electron chi connectivity index (χ0n) is 10.9. The van der Waals surface area contributed by atoms with Gasteiger partial charge in [0.15, 0.2) is 0 Å². The van der Waals surface area contributed by atoms with Crippen molar-refractivity contribution in [3.63, 3.8) is 0 Å². The number of aliphatic hydroxyl groups excluding tert-OH is 1. The number of rotatable bonds is 4. The molecule has 0 saturated carbocycles. The molecular weight excluding hydrogens is 267 g/mol. The van der Waals surface area contributed by atoms with Crippen molar-refractivity contribution in [2.24, 2.45) is 7.05 Å². The van der Waals surface area contributed by atoms with Crippen LogP contribution in [0.25, 0.3) is 0 Å². The van der Waals surface area contributed by atoms with E-state index in [1.807, 2.05) is 20.2 Å². The highest BCUT2D eigenvalue weighted by Crippen LogP contribution is 2.24. The van der Waals surface area contributed by atoms with E-state index in [0.29, 0.717) is 6.42 Å². The topological polar surface area (TPSA) is 38.0 Å². The van der Waals surface area contributed by atoms with Crippen LogP contribution in [0.15, 0.2) is 24.4 Å². The summed E-state index contributed by atoms with van der Waals surface area (Å²) >= 11 is 5.73. The van der Waals surface area contributed by atoms with Crippen molar-refractivity contribution in [3.05, 3.63) is 52.1 Å². The van der Waals surface area contributed by atoms with Gasteiger partial charge in [-0.3, -0.25) is 4.68 Å². The third-order valence-corrected chi connectivity index (χ3v) is 3.33. The minimum atomic E-state index is -0.662. The van der Waals surface area contributed by atoms with Gasteiger partial charge < -0.3 is 5.11 Å². The number of hydrogen-bond donors (Lipinski definition) is 1. The zero-order valence-corrected chi connectivity index (χ0v) is 11.7.